The fourth-order valence-corrected chi connectivity index (χ4v) is 5.95. The third kappa shape index (κ3) is 6.14. The van der Waals surface area contributed by atoms with Crippen molar-refractivity contribution in [3.63, 3.8) is 0 Å². The van der Waals surface area contributed by atoms with Gasteiger partial charge in [0.05, 0.1) is 6.61 Å². The molecule has 2 heterocycles. The monoisotopic (exact) mass is 477 g/mol. The third-order valence-electron chi connectivity index (χ3n) is 6.34. The largest absolute Gasteiger partial charge is 0.494 e. The average Bonchev–Trinajstić information content (AvgIpc) is 3.16. The second-order valence-corrected chi connectivity index (χ2v) is 10.6. The molecule has 0 radical (unpaired) electrons. The maximum atomic E-state index is 13.0. The van der Waals surface area contributed by atoms with E-state index in [1.54, 1.807) is 13.8 Å². The summed E-state index contributed by atoms with van der Waals surface area (Å²) >= 11 is 0. The van der Waals surface area contributed by atoms with Crippen LogP contribution in [0.4, 0.5) is 0 Å². The van der Waals surface area contributed by atoms with Crippen LogP contribution in [0.2, 0.25) is 0 Å². The number of benzene rings is 1. The Morgan fingerprint density at radius 2 is 1.91 bits per heavy atom. The Morgan fingerprint density at radius 3 is 2.48 bits per heavy atom. The van der Waals surface area contributed by atoms with Crippen molar-refractivity contribution in [1.29, 1.82) is 0 Å². The number of amides is 1. The maximum absolute atomic E-state index is 13.0. The van der Waals surface area contributed by atoms with Crippen LogP contribution in [0, 0.1) is 25.7 Å². The van der Waals surface area contributed by atoms with Gasteiger partial charge in [0.15, 0.2) is 5.76 Å². The standard InChI is InChI=1S/C24H35N3O5S/c1-5-6-15-31-22-9-7-20(8-10-22)16-25-24(28)17(2)21-11-13-27(14-12-21)33(29,30)23-18(3)26-32-19(23)4/h7-10,17,21H,5-6,11-16H2,1-4H3,(H,25,28)/t17-/m0/s1. The molecule has 0 aliphatic carbocycles. The molecular weight excluding hydrogens is 442 g/mol. The SMILES string of the molecule is CCCCOc1ccc(CNC(=O)[C@@H](C)C2CCN(S(=O)(=O)c3c(C)noc3C)CC2)cc1. The van der Waals surface area contributed by atoms with E-state index >= 15 is 0 Å². The first-order valence-corrected chi connectivity index (χ1v) is 13.1. The Kier molecular flexibility index (Phi) is 8.53. The molecule has 9 heteroatoms. The number of aryl methyl sites for hydroxylation is 2. The molecule has 33 heavy (non-hydrogen) atoms. The van der Waals surface area contributed by atoms with E-state index in [-0.39, 0.29) is 22.6 Å². The van der Waals surface area contributed by atoms with Crippen molar-refractivity contribution in [2.24, 2.45) is 11.8 Å². The van der Waals surface area contributed by atoms with Gasteiger partial charge in [-0.3, -0.25) is 4.79 Å². The number of rotatable bonds is 10. The molecule has 1 aromatic heterocycles. The minimum Gasteiger partial charge on any atom is -0.494 e. The molecule has 1 N–H and O–H groups in total. The summed E-state index contributed by atoms with van der Waals surface area (Å²) in [5.74, 6) is 1.08. The summed E-state index contributed by atoms with van der Waals surface area (Å²) in [4.78, 5) is 12.9. The maximum Gasteiger partial charge on any atom is 0.248 e. The number of carbonyl (C=O) groups is 1. The van der Waals surface area contributed by atoms with Crippen molar-refractivity contribution in [2.45, 2.75) is 64.8 Å². The fourth-order valence-electron chi connectivity index (χ4n) is 4.19. The van der Waals surface area contributed by atoms with Gasteiger partial charge in [0.25, 0.3) is 0 Å². The predicted octanol–water partition coefficient (Wildman–Crippen LogP) is 3.82. The van der Waals surface area contributed by atoms with Gasteiger partial charge in [-0.1, -0.05) is 37.6 Å². The van der Waals surface area contributed by atoms with Crippen LogP contribution in [0.15, 0.2) is 33.7 Å². The van der Waals surface area contributed by atoms with E-state index in [0.717, 1.165) is 24.2 Å². The number of ether oxygens (including phenoxy) is 1. The number of sulfonamides is 1. The van der Waals surface area contributed by atoms with E-state index < -0.39 is 10.0 Å². The van der Waals surface area contributed by atoms with Gasteiger partial charge in [0.1, 0.15) is 16.3 Å². The zero-order valence-electron chi connectivity index (χ0n) is 20.0. The van der Waals surface area contributed by atoms with Crippen LogP contribution in [0.25, 0.3) is 0 Å². The summed E-state index contributed by atoms with van der Waals surface area (Å²) in [5.41, 5.74) is 1.39. The molecule has 1 saturated heterocycles. The topological polar surface area (TPSA) is 102 Å². The lowest BCUT2D eigenvalue weighted by Gasteiger charge is -2.33. The zero-order valence-corrected chi connectivity index (χ0v) is 20.8. The van der Waals surface area contributed by atoms with Gasteiger partial charge in [0, 0.05) is 25.6 Å². The number of aromatic nitrogens is 1. The highest BCUT2D eigenvalue weighted by atomic mass is 32.2. The van der Waals surface area contributed by atoms with Crippen LogP contribution in [0.1, 0.15) is 56.5 Å². The Morgan fingerprint density at radius 1 is 1.24 bits per heavy atom. The highest BCUT2D eigenvalue weighted by Gasteiger charge is 2.36. The molecule has 0 spiro atoms. The summed E-state index contributed by atoms with van der Waals surface area (Å²) in [6.45, 7) is 9.22. The van der Waals surface area contributed by atoms with Crippen LogP contribution >= 0.6 is 0 Å². The summed E-state index contributed by atoms with van der Waals surface area (Å²) in [7, 11) is -3.64. The van der Waals surface area contributed by atoms with E-state index in [1.807, 2.05) is 31.2 Å². The molecule has 0 saturated carbocycles. The van der Waals surface area contributed by atoms with Crippen LogP contribution < -0.4 is 10.1 Å². The number of nitrogens with zero attached hydrogens (tertiary/aromatic N) is 2. The molecule has 182 valence electrons. The Bertz CT molecular complexity index is 1010. The Labute approximate surface area is 196 Å². The number of hydrogen-bond acceptors (Lipinski definition) is 6. The molecule has 3 rings (SSSR count). The van der Waals surface area contributed by atoms with E-state index in [2.05, 4.69) is 17.4 Å². The van der Waals surface area contributed by atoms with Crippen molar-refractivity contribution >= 4 is 15.9 Å². The van der Waals surface area contributed by atoms with E-state index in [4.69, 9.17) is 9.26 Å². The Hall–Kier alpha value is -2.39. The molecule has 1 aliphatic heterocycles. The minimum atomic E-state index is -3.64. The van der Waals surface area contributed by atoms with E-state index in [0.29, 0.717) is 50.5 Å². The van der Waals surface area contributed by atoms with Crippen molar-refractivity contribution in [3.8, 4) is 5.75 Å². The lowest BCUT2D eigenvalue weighted by Crippen LogP contribution is -2.42. The van der Waals surface area contributed by atoms with Crippen LogP contribution in [-0.2, 0) is 21.4 Å². The predicted molar refractivity (Wildman–Crippen MR) is 125 cm³/mol. The molecule has 1 aromatic carbocycles. The number of carbonyl (C=O) groups excluding carboxylic acids is 1. The summed E-state index contributed by atoms with van der Waals surface area (Å²) in [5, 5.41) is 6.78. The Balaban J connectivity index is 1.48. The van der Waals surface area contributed by atoms with Gasteiger partial charge in [-0.2, -0.15) is 4.31 Å². The number of nitrogens with one attached hydrogen (secondary N) is 1. The van der Waals surface area contributed by atoms with Crippen molar-refractivity contribution in [3.05, 3.63) is 41.3 Å². The van der Waals surface area contributed by atoms with Gasteiger partial charge < -0.3 is 14.6 Å². The minimum absolute atomic E-state index is 0.00898. The lowest BCUT2D eigenvalue weighted by molar-refractivity contribution is -0.126. The van der Waals surface area contributed by atoms with Crippen molar-refractivity contribution in [1.82, 2.24) is 14.8 Å². The van der Waals surface area contributed by atoms with E-state index in [9.17, 15) is 13.2 Å². The number of hydrogen-bond donors (Lipinski definition) is 1. The van der Waals surface area contributed by atoms with Gasteiger partial charge in [-0.25, -0.2) is 8.42 Å². The quantitative estimate of drug-likeness (QED) is 0.522. The van der Waals surface area contributed by atoms with Crippen LogP contribution in [-0.4, -0.2) is 43.5 Å². The van der Waals surface area contributed by atoms with Gasteiger partial charge in [-0.15, -0.1) is 0 Å². The molecule has 0 unspecified atom stereocenters. The average molecular weight is 478 g/mol. The second-order valence-electron chi connectivity index (χ2n) is 8.75. The molecule has 1 aliphatic rings. The fraction of sp³-hybridized carbons (Fsp3) is 0.583. The molecule has 0 bridgehead atoms. The van der Waals surface area contributed by atoms with Gasteiger partial charge in [-0.05, 0) is 56.7 Å². The lowest BCUT2D eigenvalue weighted by atomic mass is 9.85. The normalized spacial score (nSPS) is 16.5. The second kappa shape index (κ2) is 11.2. The van der Waals surface area contributed by atoms with E-state index in [1.165, 1.54) is 4.31 Å². The first kappa shape index (κ1) is 25.2. The van der Waals surface area contributed by atoms with Crippen molar-refractivity contribution < 1.29 is 22.5 Å². The number of unbranched alkanes of at least 4 members (excludes halogenated alkanes) is 1. The molecule has 1 atom stereocenters. The van der Waals surface area contributed by atoms with Gasteiger partial charge >= 0.3 is 0 Å². The highest BCUT2D eigenvalue weighted by Crippen LogP contribution is 2.30. The molecule has 8 nitrogen and oxygen atoms in total. The molecule has 2 aromatic rings. The van der Waals surface area contributed by atoms with Crippen LogP contribution in [0.5, 0.6) is 5.75 Å². The zero-order chi connectivity index (χ0) is 24.0. The summed E-state index contributed by atoms with van der Waals surface area (Å²) in [6, 6.07) is 7.78. The first-order valence-electron chi connectivity index (χ1n) is 11.7. The van der Waals surface area contributed by atoms with Crippen molar-refractivity contribution in [2.75, 3.05) is 19.7 Å². The highest BCUT2D eigenvalue weighted by molar-refractivity contribution is 7.89. The number of piperidine rings is 1. The molecular formula is C24H35N3O5S. The summed E-state index contributed by atoms with van der Waals surface area (Å²) < 4.78 is 38.2. The molecule has 1 amide bonds. The third-order valence-corrected chi connectivity index (χ3v) is 8.49. The smallest absolute Gasteiger partial charge is 0.248 e. The van der Waals surface area contributed by atoms with Crippen LogP contribution in [0.3, 0.4) is 0 Å². The molecule has 1 fully saturated rings. The summed E-state index contributed by atoms with van der Waals surface area (Å²) in [6.07, 6.45) is 3.40. The van der Waals surface area contributed by atoms with Gasteiger partial charge in [0.2, 0.25) is 15.9 Å². The first-order chi connectivity index (χ1) is 15.7.